The van der Waals surface area contributed by atoms with Crippen LogP contribution >= 0.6 is 22.9 Å². The number of carbonyl (C=O) groups is 1. The van der Waals surface area contributed by atoms with Crippen LogP contribution in [-0.2, 0) is 9.53 Å². The average molecular weight is 519 g/mol. The molecule has 1 spiro atoms. The Morgan fingerprint density at radius 2 is 1.94 bits per heavy atom. The highest BCUT2D eigenvalue weighted by molar-refractivity contribution is 7.07. The first kappa shape index (κ1) is 21.6. The summed E-state index contributed by atoms with van der Waals surface area (Å²) in [6, 6.07) is 18.1. The van der Waals surface area contributed by atoms with Crippen LogP contribution in [0.4, 0.5) is 0 Å². The molecule has 2 aromatic heterocycles. The molecule has 4 atom stereocenters. The van der Waals surface area contributed by atoms with Gasteiger partial charge >= 0.3 is 5.97 Å². The molecule has 3 aliphatic rings. The summed E-state index contributed by atoms with van der Waals surface area (Å²) in [5, 5.41) is 0.585. The van der Waals surface area contributed by atoms with Crippen LogP contribution in [0.2, 0.25) is 5.02 Å². The molecule has 0 radical (unpaired) electrons. The average Bonchev–Trinajstić information content (AvgIpc) is 3.27. The van der Waals surface area contributed by atoms with E-state index in [1.165, 1.54) is 18.4 Å². The number of ether oxygens (including phenoxy) is 2. The molecule has 1 saturated carbocycles. The first-order chi connectivity index (χ1) is 17.4. The molecule has 9 heteroatoms. The van der Waals surface area contributed by atoms with Crippen LogP contribution in [-0.4, -0.2) is 28.8 Å². The fraction of sp³-hybridized carbons (Fsp3) is 0.222. The first-order valence-corrected chi connectivity index (χ1v) is 12.6. The Morgan fingerprint density at radius 1 is 1.17 bits per heavy atom. The predicted molar refractivity (Wildman–Crippen MR) is 134 cm³/mol. The second-order valence-electron chi connectivity index (χ2n) is 9.30. The molecule has 36 heavy (non-hydrogen) atoms. The van der Waals surface area contributed by atoms with E-state index in [1.807, 2.05) is 55.5 Å². The Balaban J connectivity index is 1.40. The molecule has 1 fully saturated rings. The van der Waals surface area contributed by atoms with E-state index < -0.39 is 29.1 Å². The van der Waals surface area contributed by atoms with Crippen molar-refractivity contribution in [1.29, 1.82) is 0 Å². The van der Waals surface area contributed by atoms with Crippen molar-refractivity contribution in [2.45, 2.75) is 24.1 Å². The maximum absolute atomic E-state index is 13.8. The summed E-state index contributed by atoms with van der Waals surface area (Å²) in [4.78, 5) is 32.0. The van der Waals surface area contributed by atoms with Crippen LogP contribution in [0.25, 0.3) is 17.4 Å². The van der Waals surface area contributed by atoms with E-state index in [1.54, 1.807) is 22.8 Å². The second kappa shape index (κ2) is 7.21. The summed E-state index contributed by atoms with van der Waals surface area (Å²) < 4.78 is 19.7. The summed E-state index contributed by atoms with van der Waals surface area (Å²) in [5.74, 6) is 0.793. The smallest absolute Gasteiger partial charge is 0.315 e. The number of carbonyl (C=O) groups excluding carboxylic acids is 1. The predicted octanol–water partition coefficient (Wildman–Crippen LogP) is 3.57. The summed E-state index contributed by atoms with van der Waals surface area (Å²) in [7, 11) is 1.36. The van der Waals surface area contributed by atoms with Crippen molar-refractivity contribution in [1.82, 2.24) is 4.57 Å². The molecule has 7 nitrogen and oxygen atoms in total. The minimum atomic E-state index is -0.999. The van der Waals surface area contributed by atoms with E-state index >= 15 is 0 Å². The second-order valence-corrected chi connectivity index (χ2v) is 10.7. The molecule has 7 rings (SSSR count). The number of thiazole rings is 1. The minimum absolute atomic E-state index is 0.211. The summed E-state index contributed by atoms with van der Waals surface area (Å²) in [6.45, 7) is 1.90. The Hall–Kier alpha value is -3.62. The van der Waals surface area contributed by atoms with Crippen LogP contribution in [0.1, 0.15) is 24.3 Å². The van der Waals surface area contributed by atoms with E-state index in [4.69, 9.17) is 30.5 Å². The Kier molecular flexibility index (Phi) is 4.34. The third kappa shape index (κ3) is 2.60. The lowest BCUT2D eigenvalue weighted by Crippen LogP contribution is -2.47. The molecule has 2 aliphatic heterocycles. The van der Waals surface area contributed by atoms with Gasteiger partial charge in [0.25, 0.3) is 5.56 Å². The third-order valence-corrected chi connectivity index (χ3v) is 8.81. The van der Waals surface area contributed by atoms with Crippen molar-refractivity contribution < 1.29 is 18.7 Å². The number of nitrogens with zero attached hydrogens (tertiary/aromatic N) is 2. The molecule has 0 bridgehead atoms. The van der Waals surface area contributed by atoms with Crippen LogP contribution in [0.3, 0.4) is 0 Å². The number of aromatic nitrogens is 1. The van der Waals surface area contributed by atoms with Crippen LogP contribution < -0.4 is 19.6 Å². The number of benzene rings is 2. The lowest BCUT2D eigenvalue weighted by Gasteiger charge is -2.26. The molecule has 0 saturated heterocycles. The number of para-hydroxylation sites is 1. The first-order valence-electron chi connectivity index (χ1n) is 11.4. The third-order valence-electron chi connectivity index (χ3n) is 7.50. The fourth-order valence-corrected chi connectivity index (χ4v) is 7.13. The maximum Gasteiger partial charge on any atom is 0.315 e. The summed E-state index contributed by atoms with van der Waals surface area (Å²) >= 11 is 7.58. The highest BCUT2D eigenvalue weighted by Crippen LogP contribution is 2.70. The molecule has 1 aliphatic carbocycles. The Labute approximate surface area is 213 Å². The van der Waals surface area contributed by atoms with E-state index in [-0.39, 0.29) is 5.56 Å². The van der Waals surface area contributed by atoms with E-state index in [0.717, 1.165) is 11.1 Å². The fourth-order valence-electron chi connectivity index (χ4n) is 5.83. The van der Waals surface area contributed by atoms with Gasteiger partial charge in [-0.1, -0.05) is 53.3 Å². The molecular formula is C27H19ClN2O5S. The van der Waals surface area contributed by atoms with Crippen molar-refractivity contribution in [3.63, 3.8) is 0 Å². The van der Waals surface area contributed by atoms with Gasteiger partial charge in [-0.2, -0.15) is 0 Å². The van der Waals surface area contributed by atoms with E-state index in [2.05, 4.69) is 0 Å². The van der Waals surface area contributed by atoms with Crippen molar-refractivity contribution >= 4 is 35.0 Å². The topological polar surface area (TPSA) is 83.0 Å². The number of methoxy groups -OCH3 is 1. The number of hydrogen-bond donors (Lipinski definition) is 0. The Bertz CT molecular complexity index is 1770. The van der Waals surface area contributed by atoms with Crippen molar-refractivity contribution in [2.24, 2.45) is 10.9 Å². The van der Waals surface area contributed by atoms with Crippen molar-refractivity contribution in [3.05, 3.63) is 96.7 Å². The van der Waals surface area contributed by atoms with Gasteiger partial charge in [0.15, 0.2) is 10.4 Å². The van der Waals surface area contributed by atoms with Gasteiger partial charge in [-0.15, -0.1) is 0 Å². The highest BCUT2D eigenvalue weighted by Gasteiger charge is 2.88. The Morgan fingerprint density at radius 3 is 2.75 bits per heavy atom. The van der Waals surface area contributed by atoms with Gasteiger partial charge in [-0.05, 0) is 37.3 Å². The van der Waals surface area contributed by atoms with Gasteiger partial charge in [0.2, 0.25) is 0 Å². The van der Waals surface area contributed by atoms with Crippen molar-refractivity contribution in [2.75, 3.05) is 7.11 Å². The molecule has 4 aromatic rings. The van der Waals surface area contributed by atoms with Gasteiger partial charge in [0, 0.05) is 17.2 Å². The molecule has 4 heterocycles. The molecule has 180 valence electrons. The quantitative estimate of drug-likeness (QED) is 0.387. The number of hydrogen-bond acceptors (Lipinski definition) is 7. The highest BCUT2D eigenvalue weighted by atomic mass is 35.5. The zero-order valence-corrected chi connectivity index (χ0v) is 20.8. The zero-order valence-electron chi connectivity index (χ0n) is 19.2. The summed E-state index contributed by atoms with van der Waals surface area (Å²) in [6.07, 6.45) is 1.72. The number of fused-ring (bicyclic) bond motifs is 4. The van der Waals surface area contributed by atoms with Crippen molar-refractivity contribution in [3.8, 4) is 17.1 Å². The van der Waals surface area contributed by atoms with Crippen LogP contribution in [0.5, 0.6) is 5.75 Å². The minimum Gasteiger partial charge on any atom is -0.481 e. The molecule has 0 N–H and O–H groups in total. The largest absolute Gasteiger partial charge is 0.481 e. The molecular weight excluding hydrogens is 500 g/mol. The maximum atomic E-state index is 13.8. The number of rotatable bonds is 3. The van der Waals surface area contributed by atoms with E-state index in [0.29, 0.717) is 31.6 Å². The van der Waals surface area contributed by atoms with Crippen LogP contribution in [0, 0.1) is 5.92 Å². The number of halogens is 1. The molecule has 0 amide bonds. The van der Waals surface area contributed by atoms with Gasteiger partial charge in [0.1, 0.15) is 34.8 Å². The zero-order chi connectivity index (χ0) is 24.8. The van der Waals surface area contributed by atoms with Gasteiger partial charge in [-0.25, -0.2) is 4.99 Å². The number of esters is 1. The van der Waals surface area contributed by atoms with E-state index in [9.17, 15) is 9.59 Å². The monoisotopic (exact) mass is 518 g/mol. The SMILES string of the molecule is COC(=O)[C@H]1[C@]23Oc4ccccc4[C@H]2n2c(s/c(=C\c4ccc(-c5ccccc5Cl)o4)c2=O)=N[C@@]13C. The lowest BCUT2D eigenvalue weighted by atomic mass is 9.97. The number of furan rings is 1. The normalized spacial score (nSPS) is 27.2. The van der Waals surface area contributed by atoms with Gasteiger partial charge < -0.3 is 13.9 Å². The van der Waals surface area contributed by atoms with Crippen LogP contribution in [0.15, 0.2) is 74.9 Å². The molecule has 0 unspecified atom stereocenters. The lowest BCUT2D eigenvalue weighted by molar-refractivity contribution is -0.144. The standard InChI is InChI=1S/C27H19ClN2O5S/c1-26-21(24(32)33-2)27(26)22(16-8-4-6-10-19(16)35-27)30-23(31)20(36-25(30)29-26)13-14-11-12-18(34-14)15-7-3-5-9-17(15)28/h3-13,21-22H,1-2H3/b20-13-/t21-,22-,26+,27+/m1/s1. The molecule has 2 aromatic carbocycles. The summed E-state index contributed by atoms with van der Waals surface area (Å²) in [5.41, 5.74) is -0.422. The van der Waals surface area contributed by atoms with Gasteiger partial charge in [-0.3, -0.25) is 14.2 Å². The van der Waals surface area contributed by atoms with Gasteiger partial charge in [0.05, 0.1) is 16.7 Å².